The standard InChI is InChI=1S/C20H25N5O/c1-14(2)20(26)25-9-7-16(8-10-25)11-17-12-19(22-13-21-17)24-18-6-4-5-15(3)23-18/h4-6,12-13,16H,1,7-11H2,2-3H3,(H,21,22,23,24). The molecule has 1 aliphatic heterocycles. The van der Waals surface area contributed by atoms with Crippen molar-refractivity contribution in [3.05, 3.63) is 54.1 Å². The highest BCUT2D eigenvalue weighted by atomic mass is 16.2. The molecule has 2 aromatic heterocycles. The predicted molar refractivity (Wildman–Crippen MR) is 102 cm³/mol. The SMILES string of the molecule is C=C(C)C(=O)N1CCC(Cc2cc(Nc3cccc(C)n3)ncn2)CC1. The number of hydrogen-bond donors (Lipinski definition) is 1. The summed E-state index contributed by atoms with van der Waals surface area (Å²) < 4.78 is 0. The third-order valence-electron chi connectivity index (χ3n) is 4.63. The molecule has 0 saturated carbocycles. The van der Waals surface area contributed by atoms with Crippen LogP contribution in [-0.4, -0.2) is 38.8 Å². The van der Waals surface area contributed by atoms with E-state index in [0.717, 1.165) is 55.4 Å². The number of nitrogens with zero attached hydrogens (tertiary/aromatic N) is 4. The molecule has 0 unspecified atom stereocenters. The van der Waals surface area contributed by atoms with Gasteiger partial charge >= 0.3 is 0 Å². The average Bonchev–Trinajstić information content (AvgIpc) is 2.62. The molecule has 1 saturated heterocycles. The number of nitrogens with one attached hydrogen (secondary N) is 1. The second-order valence-electron chi connectivity index (χ2n) is 6.90. The number of hydrogen-bond acceptors (Lipinski definition) is 5. The molecular formula is C20H25N5O. The zero-order chi connectivity index (χ0) is 18.5. The maximum absolute atomic E-state index is 12.0. The van der Waals surface area contributed by atoms with Crippen LogP contribution in [0.4, 0.5) is 11.6 Å². The van der Waals surface area contributed by atoms with Gasteiger partial charge in [0.25, 0.3) is 0 Å². The summed E-state index contributed by atoms with van der Waals surface area (Å²) >= 11 is 0. The summed E-state index contributed by atoms with van der Waals surface area (Å²) in [5, 5.41) is 3.23. The summed E-state index contributed by atoms with van der Waals surface area (Å²) in [5.41, 5.74) is 2.58. The molecule has 6 heteroatoms. The smallest absolute Gasteiger partial charge is 0.248 e. The molecule has 0 atom stereocenters. The molecule has 0 radical (unpaired) electrons. The van der Waals surface area contributed by atoms with Crippen molar-refractivity contribution in [3.8, 4) is 0 Å². The Morgan fingerprint density at radius 3 is 2.73 bits per heavy atom. The van der Waals surface area contributed by atoms with E-state index in [4.69, 9.17) is 0 Å². The van der Waals surface area contributed by atoms with E-state index < -0.39 is 0 Å². The lowest BCUT2D eigenvalue weighted by Gasteiger charge is -2.32. The molecule has 0 spiro atoms. The van der Waals surface area contributed by atoms with E-state index >= 15 is 0 Å². The van der Waals surface area contributed by atoms with E-state index in [9.17, 15) is 4.79 Å². The first-order valence-corrected chi connectivity index (χ1v) is 8.97. The summed E-state index contributed by atoms with van der Waals surface area (Å²) in [6, 6.07) is 7.83. The normalized spacial score (nSPS) is 14.9. The van der Waals surface area contributed by atoms with E-state index in [0.29, 0.717) is 11.5 Å². The summed E-state index contributed by atoms with van der Waals surface area (Å²) in [6.45, 7) is 9.06. The van der Waals surface area contributed by atoms with Gasteiger partial charge in [-0.15, -0.1) is 0 Å². The highest BCUT2D eigenvalue weighted by Crippen LogP contribution is 2.23. The Kier molecular flexibility index (Phi) is 5.61. The molecule has 1 N–H and O–H groups in total. The monoisotopic (exact) mass is 351 g/mol. The maximum atomic E-state index is 12.0. The van der Waals surface area contributed by atoms with Crippen molar-refractivity contribution in [1.82, 2.24) is 19.9 Å². The molecular weight excluding hydrogens is 326 g/mol. The quantitative estimate of drug-likeness (QED) is 0.837. The minimum absolute atomic E-state index is 0.0719. The Balaban J connectivity index is 1.58. The third kappa shape index (κ3) is 4.65. The zero-order valence-corrected chi connectivity index (χ0v) is 15.4. The van der Waals surface area contributed by atoms with Gasteiger partial charge < -0.3 is 10.2 Å². The van der Waals surface area contributed by atoms with Crippen LogP contribution in [0.3, 0.4) is 0 Å². The van der Waals surface area contributed by atoms with Gasteiger partial charge in [0.1, 0.15) is 18.0 Å². The summed E-state index contributed by atoms with van der Waals surface area (Å²) in [4.78, 5) is 27.0. The van der Waals surface area contributed by atoms with Crippen LogP contribution >= 0.6 is 0 Å². The molecule has 26 heavy (non-hydrogen) atoms. The van der Waals surface area contributed by atoms with Crippen LogP contribution in [0.5, 0.6) is 0 Å². The van der Waals surface area contributed by atoms with Gasteiger partial charge in [0.15, 0.2) is 0 Å². The molecule has 6 nitrogen and oxygen atoms in total. The van der Waals surface area contributed by atoms with Crippen molar-refractivity contribution < 1.29 is 4.79 Å². The molecule has 1 amide bonds. The number of amides is 1. The van der Waals surface area contributed by atoms with Crippen molar-refractivity contribution in [2.24, 2.45) is 5.92 Å². The molecule has 136 valence electrons. The highest BCUT2D eigenvalue weighted by Gasteiger charge is 2.23. The van der Waals surface area contributed by atoms with Gasteiger partial charge in [0.05, 0.1) is 0 Å². The Bertz CT molecular complexity index is 796. The molecule has 0 bridgehead atoms. The first-order chi connectivity index (χ1) is 12.5. The molecule has 3 heterocycles. The van der Waals surface area contributed by atoms with Crippen molar-refractivity contribution in [3.63, 3.8) is 0 Å². The van der Waals surface area contributed by atoms with Crippen molar-refractivity contribution >= 4 is 17.5 Å². The zero-order valence-electron chi connectivity index (χ0n) is 15.4. The first kappa shape index (κ1) is 18.0. The molecule has 0 aliphatic carbocycles. The van der Waals surface area contributed by atoms with E-state index in [1.165, 1.54) is 0 Å². The van der Waals surface area contributed by atoms with E-state index in [1.54, 1.807) is 13.3 Å². The van der Waals surface area contributed by atoms with Crippen molar-refractivity contribution in [2.45, 2.75) is 33.1 Å². The summed E-state index contributed by atoms with van der Waals surface area (Å²) in [6.07, 6.45) is 4.47. The molecule has 1 aliphatic rings. The lowest BCUT2D eigenvalue weighted by Crippen LogP contribution is -2.39. The fraction of sp³-hybridized carbons (Fsp3) is 0.400. The molecule has 3 rings (SSSR count). The van der Waals surface area contributed by atoms with Crippen LogP contribution in [0.2, 0.25) is 0 Å². The van der Waals surface area contributed by atoms with Gasteiger partial charge in [-0.3, -0.25) is 4.79 Å². The number of carbonyl (C=O) groups is 1. The van der Waals surface area contributed by atoms with Crippen LogP contribution in [-0.2, 0) is 11.2 Å². The van der Waals surface area contributed by atoms with Crippen molar-refractivity contribution in [1.29, 1.82) is 0 Å². The Labute approximate surface area is 154 Å². The molecule has 2 aromatic rings. The number of anilines is 2. The number of rotatable bonds is 5. The molecule has 0 aromatic carbocycles. The van der Waals surface area contributed by atoms with Crippen molar-refractivity contribution in [2.75, 3.05) is 18.4 Å². The minimum atomic E-state index is 0.0719. The van der Waals surface area contributed by atoms with Gasteiger partial charge in [0.2, 0.25) is 5.91 Å². The van der Waals surface area contributed by atoms with Crippen LogP contribution < -0.4 is 5.32 Å². The number of piperidine rings is 1. The van der Waals surface area contributed by atoms with Crippen LogP contribution in [0, 0.1) is 12.8 Å². The number of aromatic nitrogens is 3. The van der Waals surface area contributed by atoms with E-state index in [1.807, 2.05) is 36.1 Å². The lowest BCUT2D eigenvalue weighted by atomic mass is 9.92. The Morgan fingerprint density at radius 2 is 2.04 bits per heavy atom. The van der Waals surface area contributed by atoms with E-state index in [-0.39, 0.29) is 5.91 Å². The topological polar surface area (TPSA) is 71.0 Å². The number of aryl methyl sites for hydroxylation is 1. The number of likely N-dealkylation sites (tertiary alicyclic amines) is 1. The fourth-order valence-electron chi connectivity index (χ4n) is 3.23. The van der Waals surface area contributed by atoms with Gasteiger partial charge in [-0.2, -0.15) is 0 Å². The predicted octanol–water partition coefficient (Wildman–Crippen LogP) is 3.28. The third-order valence-corrected chi connectivity index (χ3v) is 4.63. The summed E-state index contributed by atoms with van der Waals surface area (Å²) in [5.74, 6) is 2.14. The van der Waals surface area contributed by atoms with Crippen LogP contribution in [0.15, 0.2) is 42.7 Å². The Morgan fingerprint density at radius 1 is 1.27 bits per heavy atom. The fourth-order valence-corrected chi connectivity index (χ4v) is 3.23. The van der Waals surface area contributed by atoms with Gasteiger partial charge in [-0.05, 0) is 51.2 Å². The number of carbonyl (C=O) groups excluding carboxylic acids is 1. The maximum Gasteiger partial charge on any atom is 0.248 e. The van der Waals surface area contributed by atoms with Gasteiger partial charge in [0, 0.05) is 36.1 Å². The Hall–Kier alpha value is -2.76. The summed E-state index contributed by atoms with van der Waals surface area (Å²) in [7, 11) is 0. The first-order valence-electron chi connectivity index (χ1n) is 8.97. The average molecular weight is 351 g/mol. The van der Waals surface area contributed by atoms with Gasteiger partial charge in [-0.1, -0.05) is 12.6 Å². The minimum Gasteiger partial charge on any atom is -0.339 e. The lowest BCUT2D eigenvalue weighted by molar-refractivity contribution is -0.128. The van der Waals surface area contributed by atoms with E-state index in [2.05, 4.69) is 26.8 Å². The van der Waals surface area contributed by atoms with Crippen LogP contribution in [0.25, 0.3) is 0 Å². The highest BCUT2D eigenvalue weighted by molar-refractivity contribution is 5.92. The second kappa shape index (κ2) is 8.08. The van der Waals surface area contributed by atoms with Gasteiger partial charge in [-0.25, -0.2) is 15.0 Å². The largest absolute Gasteiger partial charge is 0.339 e. The number of pyridine rings is 1. The molecule has 1 fully saturated rings. The second-order valence-corrected chi connectivity index (χ2v) is 6.90. The van der Waals surface area contributed by atoms with Crippen LogP contribution in [0.1, 0.15) is 31.2 Å².